The Balaban J connectivity index is 1.57. The number of aryl methyl sites for hydroxylation is 1. The molecule has 1 heterocycles. The summed E-state index contributed by atoms with van der Waals surface area (Å²) < 4.78 is 0. The van der Waals surface area contributed by atoms with E-state index < -0.39 is 0 Å². The van der Waals surface area contributed by atoms with Gasteiger partial charge in [0.25, 0.3) is 0 Å². The average Bonchev–Trinajstić information content (AvgIpc) is 2.65. The van der Waals surface area contributed by atoms with Gasteiger partial charge in [0.1, 0.15) is 0 Å². The maximum absolute atomic E-state index is 6.17. The molecule has 0 aliphatic carbocycles. The fourth-order valence-corrected chi connectivity index (χ4v) is 3.72. The van der Waals surface area contributed by atoms with E-state index in [1.54, 1.807) is 0 Å². The van der Waals surface area contributed by atoms with E-state index in [0.29, 0.717) is 5.11 Å². The minimum Gasteiger partial charge on any atom is -0.372 e. The fraction of sp³-hybridized carbons (Fsp3) is 0.381. The van der Waals surface area contributed by atoms with Crippen molar-refractivity contribution >= 4 is 40.3 Å². The van der Waals surface area contributed by atoms with E-state index in [9.17, 15) is 0 Å². The molecule has 1 fully saturated rings. The first kappa shape index (κ1) is 19.0. The van der Waals surface area contributed by atoms with Gasteiger partial charge in [0.05, 0.1) is 6.04 Å². The Kier molecular flexibility index (Phi) is 6.38. The molecular weight excluding hydrogens is 362 g/mol. The molecule has 3 nitrogen and oxygen atoms in total. The smallest absolute Gasteiger partial charge is 0.171 e. The minimum atomic E-state index is 0.131. The molecule has 0 saturated carbocycles. The average molecular weight is 388 g/mol. The highest BCUT2D eigenvalue weighted by Gasteiger charge is 2.12. The molecule has 138 valence electrons. The van der Waals surface area contributed by atoms with Crippen molar-refractivity contribution in [2.24, 2.45) is 0 Å². The summed E-state index contributed by atoms with van der Waals surface area (Å²) in [7, 11) is 0. The molecule has 1 atom stereocenters. The van der Waals surface area contributed by atoms with Gasteiger partial charge in [-0.05, 0) is 80.7 Å². The van der Waals surface area contributed by atoms with E-state index in [0.717, 1.165) is 16.3 Å². The highest BCUT2D eigenvalue weighted by molar-refractivity contribution is 7.80. The summed E-state index contributed by atoms with van der Waals surface area (Å²) in [4.78, 5) is 2.47. The van der Waals surface area contributed by atoms with Crippen LogP contribution in [0.1, 0.15) is 43.4 Å². The number of rotatable bonds is 4. The van der Waals surface area contributed by atoms with Crippen LogP contribution in [-0.2, 0) is 0 Å². The third-order valence-electron chi connectivity index (χ3n) is 4.89. The summed E-state index contributed by atoms with van der Waals surface area (Å²) in [5.41, 5.74) is 4.48. The van der Waals surface area contributed by atoms with Gasteiger partial charge in [0, 0.05) is 29.5 Å². The predicted octanol–water partition coefficient (Wildman–Crippen LogP) is 5.69. The van der Waals surface area contributed by atoms with Gasteiger partial charge in [-0.3, -0.25) is 0 Å². The first-order valence-corrected chi connectivity index (χ1v) is 10.00. The summed E-state index contributed by atoms with van der Waals surface area (Å²) >= 11 is 11.6. The second-order valence-corrected chi connectivity index (χ2v) is 7.74. The van der Waals surface area contributed by atoms with Gasteiger partial charge in [-0.15, -0.1) is 0 Å². The van der Waals surface area contributed by atoms with Gasteiger partial charge >= 0.3 is 0 Å². The van der Waals surface area contributed by atoms with Crippen LogP contribution in [0.3, 0.4) is 0 Å². The molecule has 1 aliphatic heterocycles. The summed E-state index contributed by atoms with van der Waals surface area (Å²) in [6.07, 6.45) is 3.94. The Labute approximate surface area is 166 Å². The van der Waals surface area contributed by atoms with Crippen molar-refractivity contribution in [3.05, 3.63) is 58.6 Å². The van der Waals surface area contributed by atoms with Crippen molar-refractivity contribution in [3.63, 3.8) is 0 Å². The molecule has 3 rings (SSSR count). The van der Waals surface area contributed by atoms with Crippen LogP contribution in [-0.4, -0.2) is 18.2 Å². The van der Waals surface area contributed by atoms with Crippen molar-refractivity contribution in [2.45, 2.75) is 39.2 Å². The van der Waals surface area contributed by atoms with Gasteiger partial charge in [-0.2, -0.15) is 0 Å². The predicted molar refractivity (Wildman–Crippen MR) is 116 cm³/mol. The standard InChI is InChI=1S/C21H26ClN3S/c1-15-6-9-18(14-20(15)22)24-21(26)23-16(2)17-7-10-19(11-8-17)25-12-4-3-5-13-25/h6-11,14,16H,3-5,12-13H2,1-2H3,(H2,23,24,26). The molecule has 0 amide bonds. The van der Waals surface area contributed by atoms with E-state index in [-0.39, 0.29) is 6.04 Å². The summed E-state index contributed by atoms with van der Waals surface area (Å²) in [6, 6.07) is 14.8. The molecule has 0 spiro atoms. The summed E-state index contributed by atoms with van der Waals surface area (Å²) in [6.45, 7) is 6.44. The normalized spacial score (nSPS) is 15.4. The lowest BCUT2D eigenvalue weighted by molar-refractivity contribution is 0.577. The number of nitrogens with zero attached hydrogens (tertiary/aromatic N) is 1. The molecule has 0 aromatic heterocycles. The maximum atomic E-state index is 6.17. The number of hydrogen-bond acceptors (Lipinski definition) is 2. The maximum Gasteiger partial charge on any atom is 0.171 e. The van der Waals surface area contributed by atoms with Crippen LogP contribution in [0, 0.1) is 6.92 Å². The Morgan fingerprint density at radius 2 is 1.77 bits per heavy atom. The van der Waals surface area contributed by atoms with E-state index in [4.69, 9.17) is 23.8 Å². The van der Waals surface area contributed by atoms with Crippen molar-refractivity contribution in [1.82, 2.24) is 5.32 Å². The molecule has 0 radical (unpaired) electrons. The van der Waals surface area contributed by atoms with Crippen molar-refractivity contribution in [3.8, 4) is 0 Å². The van der Waals surface area contributed by atoms with Crippen LogP contribution >= 0.6 is 23.8 Å². The van der Waals surface area contributed by atoms with Gasteiger partial charge < -0.3 is 15.5 Å². The SMILES string of the molecule is Cc1ccc(NC(=S)NC(C)c2ccc(N3CCCCC3)cc2)cc1Cl. The molecular formula is C21H26ClN3S. The Morgan fingerprint density at radius 3 is 2.42 bits per heavy atom. The van der Waals surface area contributed by atoms with E-state index >= 15 is 0 Å². The minimum absolute atomic E-state index is 0.131. The lowest BCUT2D eigenvalue weighted by Gasteiger charge is -2.29. The molecule has 0 bridgehead atoms. The Morgan fingerprint density at radius 1 is 1.08 bits per heavy atom. The van der Waals surface area contributed by atoms with Gasteiger partial charge in [-0.1, -0.05) is 29.8 Å². The first-order valence-electron chi connectivity index (χ1n) is 9.21. The van der Waals surface area contributed by atoms with Gasteiger partial charge in [-0.25, -0.2) is 0 Å². The lowest BCUT2D eigenvalue weighted by atomic mass is 10.1. The van der Waals surface area contributed by atoms with Gasteiger partial charge in [0.2, 0.25) is 0 Å². The second-order valence-electron chi connectivity index (χ2n) is 6.92. The zero-order valence-electron chi connectivity index (χ0n) is 15.4. The fourth-order valence-electron chi connectivity index (χ4n) is 3.24. The van der Waals surface area contributed by atoms with Crippen LogP contribution in [0.5, 0.6) is 0 Å². The van der Waals surface area contributed by atoms with Crippen LogP contribution in [0.25, 0.3) is 0 Å². The number of benzene rings is 2. The number of thiocarbonyl (C=S) groups is 1. The van der Waals surface area contributed by atoms with E-state index in [1.807, 2.05) is 25.1 Å². The topological polar surface area (TPSA) is 27.3 Å². The molecule has 1 saturated heterocycles. The van der Waals surface area contributed by atoms with Crippen LogP contribution < -0.4 is 15.5 Å². The Bertz CT molecular complexity index is 754. The first-order chi connectivity index (χ1) is 12.5. The molecule has 2 aromatic carbocycles. The molecule has 1 aliphatic rings. The molecule has 1 unspecified atom stereocenters. The molecule has 2 aromatic rings. The number of halogens is 1. The third kappa shape index (κ3) is 4.89. The quantitative estimate of drug-likeness (QED) is 0.659. The molecule has 5 heteroatoms. The summed E-state index contributed by atoms with van der Waals surface area (Å²) in [5, 5.41) is 7.87. The zero-order valence-corrected chi connectivity index (χ0v) is 17.0. The van der Waals surface area contributed by atoms with E-state index in [1.165, 1.54) is 43.6 Å². The van der Waals surface area contributed by atoms with E-state index in [2.05, 4.69) is 46.7 Å². The molecule has 2 N–H and O–H groups in total. The van der Waals surface area contributed by atoms with Gasteiger partial charge in [0.15, 0.2) is 5.11 Å². The highest BCUT2D eigenvalue weighted by atomic mass is 35.5. The lowest BCUT2D eigenvalue weighted by Crippen LogP contribution is -2.31. The number of anilines is 2. The van der Waals surface area contributed by atoms with Crippen LogP contribution in [0.2, 0.25) is 5.02 Å². The monoisotopic (exact) mass is 387 g/mol. The Hall–Kier alpha value is -1.78. The van der Waals surface area contributed by atoms with Crippen LogP contribution in [0.15, 0.2) is 42.5 Å². The zero-order chi connectivity index (χ0) is 18.5. The second kappa shape index (κ2) is 8.74. The van der Waals surface area contributed by atoms with Crippen molar-refractivity contribution in [2.75, 3.05) is 23.3 Å². The largest absolute Gasteiger partial charge is 0.372 e. The van der Waals surface area contributed by atoms with Crippen LogP contribution in [0.4, 0.5) is 11.4 Å². The van der Waals surface area contributed by atoms with Crippen molar-refractivity contribution < 1.29 is 0 Å². The number of hydrogen-bond donors (Lipinski definition) is 2. The highest BCUT2D eigenvalue weighted by Crippen LogP contribution is 2.23. The number of piperidine rings is 1. The van der Waals surface area contributed by atoms with Crippen molar-refractivity contribution in [1.29, 1.82) is 0 Å². The third-order valence-corrected chi connectivity index (χ3v) is 5.52. The molecule has 26 heavy (non-hydrogen) atoms. The number of nitrogens with one attached hydrogen (secondary N) is 2. The summed E-state index contributed by atoms with van der Waals surface area (Å²) in [5.74, 6) is 0.